The van der Waals surface area contributed by atoms with Gasteiger partial charge < -0.3 is 5.11 Å². The lowest BCUT2D eigenvalue weighted by Crippen LogP contribution is -1.65. The van der Waals surface area contributed by atoms with Gasteiger partial charge in [-0.15, -0.1) is 0 Å². The Morgan fingerprint density at radius 1 is 1.10 bits per heavy atom. The molecule has 0 aliphatic carbocycles. The highest BCUT2D eigenvalue weighted by Gasteiger charge is 1.83. The van der Waals surface area contributed by atoms with Crippen molar-refractivity contribution in [3.05, 3.63) is 27.8 Å². The maximum absolute atomic E-state index is 8.75. The van der Waals surface area contributed by atoms with Crippen LogP contribution in [0, 0.1) is 3.57 Å². The van der Waals surface area contributed by atoms with Crippen molar-refractivity contribution in [1.82, 2.24) is 0 Å². The number of halogens is 1. The Morgan fingerprint density at radius 2 is 1.50 bits per heavy atom. The Bertz CT molecular complexity index is 148. The fourth-order valence-electron chi connectivity index (χ4n) is 0.441. The lowest BCUT2D eigenvalue weighted by Gasteiger charge is -1.87. The second-order valence-corrected chi connectivity index (χ2v) is 2.72. The molecule has 1 nitrogen and oxygen atoms in total. The van der Waals surface area contributed by atoms with Crippen LogP contribution in [0.3, 0.4) is 0 Å². The Balaban J connectivity index is 0.000000371. The van der Waals surface area contributed by atoms with Gasteiger partial charge in [0.05, 0.1) is 0 Å². The van der Waals surface area contributed by atoms with Gasteiger partial charge in [-0.2, -0.15) is 0 Å². The standard InChI is InChI=1S/C6H5IO.C2H6/c7-5-1-3-6(8)4-2-5;1-2/h1-4,8H;1-2H3. The molecule has 1 aromatic rings. The molecule has 1 N–H and O–H groups in total. The van der Waals surface area contributed by atoms with E-state index in [9.17, 15) is 0 Å². The van der Waals surface area contributed by atoms with Crippen LogP contribution in [0.4, 0.5) is 0 Å². The molecule has 0 bridgehead atoms. The molecular formula is C8H11IO. The molecule has 0 radical (unpaired) electrons. The normalized spacial score (nSPS) is 7.90. The van der Waals surface area contributed by atoms with Crippen molar-refractivity contribution in [2.75, 3.05) is 0 Å². The number of aromatic hydroxyl groups is 1. The molecule has 0 spiro atoms. The highest BCUT2D eigenvalue weighted by atomic mass is 127. The van der Waals surface area contributed by atoms with E-state index in [1.54, 1.807) is 12.1 Å². The van der Waals surface area contributed by atoms with E-state index in [1.165, 1.54) is 0 Å². The van der Waals surface area contributed by atoms with E-state index in [1.807, 2.05) is 26.0 Å². The van der Waals surface area contributed by atoms with E-state index in [-0.39, 0.29) is 0 Å². The Morgan fingerprint density at radius 3 is 1.80 bits per heavy atom. The SMILES string of the molecule is CC.Oc1ccc(I)cc1. The summed E-state index contributed by atoms with van der Waals surface area (Å²) in [6, 6.07) is 7.05. The zero-order valence-corrected chi connectivity index (χ0v) is 8.29. The van der Waals surface area contributed by atoms with Crippen LogP contribution in [-0.4, -0.2) is 5.11 Å². The van der Waals surface area contributed by atoms with Crippen molar-refractivity contribution in [2.24, 2.45) is 0 Å². The summed E-state index contributed by atoms with van der Waals surface area (Å²) in [5.74, 6) is 0.324. The zero-order valence-electron chi connectivity index (χ0n) is 6.13. The van der Waals surface area contributed by atoms with E-state index >= 15 is 0 Å². The van der Waals surface area contributed by atoms with Crippen LogP contribution in [0.5, 0.6) is 5.75 Å². The number of phenols is 1. The molecule has 56 valence electrons. The molecule has 10 heavy (non-hydrogen) atoms. The van der Waals surface area contributed by atoms with Gasteiger partial charge in [-0.3, -0.25) is 0 Å². The van der Waals surface area contributed by atoms with E-state index in [0.29, 0.717) is 5.75 Å². The second-order valence-electron chi connectivity index (χ2n) is 1.48. The summed E-state index contributed by atoms with van der Waals surface area (Å²) in [5.41, 5.74) is 0. The molecule has 0 unspecified atom stereocenters. The molecule has 0 aromatic heterocycles. The summed E-state index contributed by atoms with van der Waals surface area (Å²) in [7, 11) is 0. The minimum atomic E-state index is 0.324. The van der Waals surface area contributed by atoms with Crippen LogP contribution < -0.4 is 0 Å². The smallest absolute Gasteiger partial charge is 0.115 e. The Labute approximate surface area is 75.2 Å². The van der Waals surface area contributed by atoms with Crippen molar-refractivity contribution in [3.63, 3.8) is 0 Å². The molecule has 1 rings (SSSR count). The summed E-state index contributed by atoms with van der Waals surface area (Å²) in [6.07, 6.45) is 0. The number of phenolic OH excluding ortho intramolecular Hbond substituents is 1. The van der Waals surface area contributed by atoms with Gasteiger partial charge >= 0.3 is 0 Å². The molecule has 0 saturated heterocycles. The third kappa shape index (κ3) is 3.71. The summed E-state index contributed by atoms with van der Waals surface area (Å²) in [5, 5.41) is 8.75. The van der Waals surface area contributed by atoms with Gasteiger partial charge in [0.25, 0.3) is 0 Å². The van der Waals surface area contributed by atoms with Crippen molar-refractivity contribution < 1.29 is 5.11 Å². The third-order valence-electron chi connectivity index (χ3n) is 0.827. The first-order valence-corrected chi connectivity index (χ1v) is 4.31. The van der Waals surface area contributed by atoms with E-state index < -0.39 is 0 Å². The van der Waals surface area contributed by atoms with E-state index in [4.69, 9.17) is 5.11 Å². The lowest BCUT2D eigenvalue weighted by molar-refractivity contribution is 0.475. The summed E-state index contributed by atoms with van der Waals surface area (Å²) >= 11 is 2.19. The minimum absolute atomic E-state index is 0.324. The molecule has 0 amide bonds. The molecule has 0 fully saturated rings. The van der Waals surface area contributed by atoms with Gasteiger partial charge in [0.15, 0.2) is 0 Å². The highest BCUT2D eigenvalue weighted by molar-refractivity contribution is 14.1. The van der Waals surface area contributed by atoms with Crippen molar-refractivity contribution in [3.8, 4) is 5.75 Å². The van der Waals surface area contributed by atoms with Crippen LogP contribution in [-0.2, 0) is 0 Å². The predicted octanol–water partition coefficient (Wildman–Crippen LogP) is 3.02. The van der Waals surface area contributed by atoms with Gasteiger partial charge in [0.2, 0.25) is 0 Å². The van der Waals surface area contributed by atoms with Crippen molar-refractivity contribution in [1.29, 1.82) is 0 Å². The highest BCUT2D eigenvalue weighted by Crippen LogP contribution is 2.10. The van der Waals surface area contributed by atoms with Crippen molar-refractivity contribution in [2.45, 2.75) is 13.8 Å². The molecule has 0 saturated carbocycles. The summed E-state index contributed by atoms with van der Waals surface area (Å²) in [4.78, 5) is 0. The van der Waals surface area contributed by atoms with Crippen LogP contribution in [0.2, 0.25) is 0 Å². The summed E-state index contributed by atoms with van der Waals surface area (Å²) in [6.45, 7) is 4.00. The third-order valence-corrected chi connectivity index (χ3v) is 1.55. The monoisotopic (exact) mass is 250 g/mol. The van der Waals surface area contributed by atoms with Crippen LogP contribution in [0.15, 0.2) is 24.3 Å². The molecule has 2 heteroatoms. The Hall–Kier alpha value is -0.250. The first-order valence-electron chi connectivity index (χ1n) is 3.23. The number of rotatable bonds is 0. The molecule has 1 aromatic carbocycles. The van der Waals surface area contributed by atoms with Gasteiger partial charge in [-0.1, -0.05) is 13.8 Å². The average molecular weight is 250 g/mol. The topological polar surface area (TPSA) is 20.2 Å². The van der Waals surface area contributed by atoms with Gasteiger partial charge in [-0.05, 0) is 46.9 Å². The van der Waals surface area contributed by atoms with Gasteiger partial charge in [0, 0.05) is 3.57 Å². The molecule has 0 heterocycles. The Kier molecular flexibility index (Phi) is 5.39. The van der Waals surface area contributed by atoms with E-state index in [0.717, 1.165) is 3.57 Å². The first kappa shape index (κ1) is 9.75. The summed E-state index contributed by atoms with van der Waals surface area (Å²) < 4.78 is 1.14. The van der Waals surface area contributed by atoms with Crippen LogP contribution in [0.25, 0.3) is 0 Å². The van der Waals surface area contributed by atoms with Gasteiger partial charge in [-0.25, -0.2) is 0 Å². The van der Waals surface area contributed by atoms with E-state index in [2.05, 4.69) is 22.6 Å². The number of hydrogen-bond donors (Lipinski definition) is 1. The number of benzene rings is 1. The molecule has 0 aliphatic heterocycles. The van der Waals surface area contributed by atoms with Crippen LogP contribution >= 0.6 is 22.6 Å². The quantitative estimate of drug-likeness (QED) is 0.701. The average Bonchev–Trinajstić information content (AvgIpc) is 2.00. The second kappa shape index (κ2) is 5.53. The van der Waals surface area contributed by atoms with Gasteiger partial charge in [0.1, 0.15) is 5.75 Å². The fraction of sp³-hybridized carbons (Fsp3) is 0.250. The maximum Gasteiger partial charge on any atom is 0.115 e. The fourth-order valence-corrected chi connectivity index (χ4v) is 0.801. The number of hydrogen-bond acceptors (Lipinski definition) is 1. The maximum atomic E-state index is 8.75. The van der Waals surface area contributed by atoms with Crippen molar-refractivity contribution >= 4 is 22.6 Å². The predicted molar refractivity (Wildman–Crippen MR) is 52.2 cm³/mol. The molecule has 0 atom stereocenters. The lowest BCUT2D eigenvalue weighted by atomic mass is 10.3. The molecule has 0 aliphatic rings. The zero-order chi connectivity index (χ0) is 7.98. The largest absolute Gasteiger partial charge is 0.508 e. The van der Waals surface area contributed by atoms with Crippen LogP contribution in [0.1, 0.15) is 13.8 Å². The molecular weight excluding hydrogens is 239 g/mol. The minimum Gasteiger partial charge on any atom is -0.508 e. The first-order chi connectivity index (χ1) is 4.79.